The Kier molecular flexibility index (Phi) is 2.96. The van der Waals surface area contributed by atoms with Gasteiger partial charge < -0.3 is 10.4 Å². The summed E-state index contributed by atoms with van der Waals surface area (Å²) in [6, 6.07) is 7.52. The third-order valence-electron chi connectivity index (χ3n) is 3.51. The highest BCUT2D eigenvalue weighted by Gasteiger charge is 2.39. The predicted octanol–water partition coefficient (Wildman–Crippen LogP) is 2.67. The van der Waals surface area contributed by atoms with Crippen molar-refractivity contribution in [1.82, 2.24) is 5.32 Å². The summed E-state index contributed by atoms with van der Waals surface area (Å²) in [5.41, 5.74) is 1.56. The second kappa shape index (κ2) is 4.23. The van der Waals surface area contributed by atoms with Crippen LogP contribution in [0, 0.1) is 5.41 Å². The van der Waals surface area contributed by atoms with E-state index in [2.05, 4.69) is 12.2 Å². The van der Waals surface area contributed by atoms with Gasteiger partial charge >= 0.3 is 0 Å². The maximum absolute atomic E-state index is 9.57. The van der Waals surface area contributed by atoms with E-state index in [0.29, 0.717) is 11.2 Å². The third-order valence-corrected chi connectivity index (χ3v) is 3.51. The van der Waals surface area contributed by atoms with Crippen LogP contribution in [-0.4, -0.2) is 11.7 Å². The summed E-state index contributed by atoms with van der Waals surface area (Å²) in [7, 11) is 0. The van der Waals surface area contributed by atoms with Gasteiger partial charge in [-0.1, -0.05) is 25.1 Å². The molecule has 2 nitrogen and oxygen atoms in total. The summed E-state index contributed by atoms with van der Waals surface area (Å²) >= 11 is 0. The molecule has 1 aromatic rings. The number of phenols is 1. The molecule has 2 rings (SSSR count). The average molecular weight is 205 g/mol. The maximum atomic E-state index is 9.57. The van der Waals surface area contributed by atoms with Gasteiger partial charge in [0, 0.05) is 18.7 Å². The van der Waals surface area contributed by atoms with E-state index in [1.807, 2.05) is 18.2 Å². The molecular formula is C13H19NO. The lowest BCUT2D eigenvalue weighted by molar-refractivity contribution is 0.432. The zero-order chi connectivity index (χ0) is 10.7. The molecular weight excluding hydrogens is 186 g/mol. The van der Waals surface area contributed by atoms with Crippen molar-refractivity contribution in [1.29, 1.82) is 0 Å². The predicted molar refractivity (Wildman–Crippen MR) is 61.8 cm³/mol. The summed E-state index contributed by atoms with van der Waals surface area (Å²) in [6.45, 7) is 4.11. The molecule has 2 heteroatoms. The van der Waals surface area contributed by atoms with Crippen LogP contribution < -0.4 is 5.32 Å². The van der Waals surface area contributed by atoms with E-state index >= 15 is 0 Å². The normalized spacial score (nSPS) is 17.7. The minimum atomic E-state index is 0.395. The Balaban J connectivity index is 1.81. The molecule has 1 aromatic carbocycles. The minimum Gasteiger partial charge on any atom is -0.508 e. The molecule has 1 saturated carbocycles. The monoisotopic (exact) mass is 205 g/mol. The standard InChI is InChI=1S/C13H19NO/c1-2-13(7-8-13)10-14-9-11-5-3-4-6-12(11)15/h3-6,14-15H,2,7-10H2,1H3. The Morgan fingerprint density at radius 3 is 2.67 bits per heavy atom. The zero-order valence-electron chi connectivity index (χ0n) is 9.29. The number of benzene rings is 1. The van der Waals surface area contributed by atoms with Gasteiger partial charge in [0.1, 0.15) is 5.75 Å². The van der Waals surface area contributed by atoms with Crippen molar-refractivity contribution < 1.29 is 5.11 Å². The van der Waals surface area contributed by atoms with Crippen LogP contribution >= 0.6 is 0 Å². The van der Waals surface area contributed by atoms with Crippen molar-refractivity contribution in [2.24, 2.45) is 5.41 Å². The van der Waals surface area contributed by atoms with Crippen LogP contribution in [-0.2, 0) is 6.54 Å². The highest BCUT2D eigenvalue weighted by Crippen LogP contribution is 2.47. The number of phenolic OH excluding ortho intramolecular Hbond substituents is 1. The highest BCUT2D eigenvalue weighted by atomic mass is 16.3. The fraction of sp³-hybridized carbons (Fsp3) is 0.538. The summed E-state index contributed by atoms with van der Waals surface area (Å²) < 4.78 is 0. The van der Waals surface area contributed by atoms with Gasteiger partial charge in [0.05, 0.1) is 0 Å². The SMILES string of the molecule is CCC1(CNCc2ccccc2O)CC1. The Bertz CT molecular complexity index is 331. The molecule has 0 saturated heterocycles. The number of rotatable bonds is 5. The second-order valence-electron chi connectivity index (χ2n) is 4.59. The highest BCUT2D eigenvalue weighted by molar-refractivity contribution is 5.31. The lowest BCUT2D eigenvalue weighted by Gasteiger charge is -2.13. The number of para-hydroxylation sites is 1. The van der Waals surface area contributed by atoms with Gasteiger partial charge in [-0.2, -0.15) is 0 Å². The number of nitrogens with one attached hydrogen (secondary N) is 1. The van der Waals surface area contributed by atoms with Gasteiger partial charge in [-0.15, -0.1) is 0 Å². The number of hydrogen-bond acceptors (Lipinski definition) is 2. The minimum absolute atomic E-state index is 0.395. The molecule has 0 radical (unpaired) electrons. The lowest BCUT2D eigenvalue weighted by Crippen LogP contribution is -2.23. The van der Waals surface area contributed by atoms with Crippen LogP contribution in [0.5, 0.6) is 5.75 Å². The van der Waals surface area contributed by atoms with Gasteiger partial charge in [0.2, 0.25) is 0 Å². The van der Waals surface area contributed by atoms with E-state index in [1.165, 1.54) is 19.3 Å². The number of aromatic hydroxyl groups is 1. The smallest absolute Gasteiger partial charge is 0.120 e. The van der Waals surface area contributed by atoms with E-state index in [9.17, 15) is 5.11 Å². The first-order chi connectivity index (χ1) is 7.26. The molecule has 82 valence electrons. The fourth-order valence-electron chi connectivity index (χ4n) is 1.95. The second-order valence-corrected chi connectivity index (χ2v) is 4.59. The molecule has 0 spiro atoms. The van der Waals surface area contributed by atoms with Crippen molar-refractivity contribution in [2.45, 2.75) is 32.7 Å². The summed E-state index contributed by atoms with van der Waals surface area (Å²) in [6.07, 6.45) is 3.98. The Hall–Kier alpha value is -1.02. The topological polar surface area (TPSA) is 32.3 Å². The van der Waals surface area contributed by atoms with Crippen molar-refractivity contribution in [3.05, 3.63) is 29.8 Å². The molecule has 0 atom stereocenters. The van der Waals surface area contributed by atoms with Crippen LogP contribution in [0.4, 0.5) is 0 Å². The Labute approximate surface area is 91.3 Å². The van der Waals surface area contributed by atoms with Crippen molar-refractivity contribution >= 4 is 0 Å². The molecule has 0 heterocycles. The van der Waals surface area contributed by atoms with Crippen LogP contribution in [0.15, 0.2) is 24.3 Å². The first-order valence-corrected chi connectivity index (χ1v) is 5.73. The van der Waals surface area contributed by atoms with Gasteiger partial charge in [-0.25, -0.2) is 0 Å². The van der Waals surface area contributed by atoms with Crippen LogP contribution in [0.1, 0.15) is 31.7 Å². The fourth-order valence-corrected chi connectivity index (χ4v) is 1.95. The van der Waals surface area contributed by atoms with Crippen molar-refractivity contribution in [3.8, 4) is 5.75 Å². The lowest BCUT2D eigenvalue weighted by atomic mass is 10.0. The molecule has 0 bridgehead atoms. The van der Waals surface area contributed by atoms with Crippen LogP contribution in [0.2, 0.25) is 0 Å². The first kappa shape index (κ1) is 10.5. The molecule has 0 amide bonds. The van der Waals surface area contributed by atoms with Crippen molar-refractivity contribution in [2.75, 3.05) is 6.54 Å². The van der Waals surface area contributed by atoms with Crippen LogP contribution in [0.3, 0.4) is 0 Å². The Morgan fingerprint density at radius 2 is 2.07 bits per heavy atom. The van der Waals surface area contributed by atoms with E-state index in [1.54, 1.807) is 6.07 Å². The van der Waals surface area contributed by atoms with Crippen molar-refractivity contribution in [3.63, 3.8) is 0 Å². The summed E-state index contributed by atoms with van der Waals surface area (Å²) in [4.78, 5) is 0. The summed E-state index contributed by atoms with van der Waals surface area (Å²) in [5, 5.41) is 13.0. The molecule has 0 aliphatic heterocycles. The van der Waals surface area contributed by atoms with E-state index < -0.39 is 0 Å². The van der Waals surface area contributed by atoms with Gasteiger partial charge in [-0.3, -0.25) is 0 Å². The average Bonchev–Trinajstić information content (AvgIpc) is 3.02. The van der Waals surface area contributed by atoms with Crippen LogP contribution in [0.25, 0.3) is 0 Å². The summed E-state index contributed by atoms with van der Waals surface area (Å²) in [5.74, 6) is 0.395. The first-order valence-electron chi connectivity index (χ1n) is 5.73. The third kappa shape index (κ3) is 2.51. The molecule has 1 aliphatic rings. The van der Waals surface area contributed by atoms with E-state index in [-0.39, 0.29) is 0 Å². The van der Waals surface area contributed by atoms with Gasteiger partial charge in [0.15, 0.2) is 0 Å². The van der Waals surface area contributed by atoms with Gasteiger partial charge in [0.25, 0.3) is 0 Å². The van der Waals surface area contributed by atoms with E-state index in [4.69, 9.17) is 0 Å². The largest absolute Gasteiger partial charge is 0.508 e. The van der Waals surface area contributed by atoms with E-state index in [0.717, 1.165) is 18.7 Å². The quantitative estimate of drug-likeness (QED) is 0.774. The maximum Gasteiger partial charge on any atom is 0.120 e. The molecule has 0 aromatic heterocycles. The molecule has 0 unspecified atom stereocenters. The molecule has 1 fully saturated rings. The molecule has 1 aliphatic carbocycles. The Morgan fingerprint density at radius 1 is 1.33 bits per heavy atom. The van der Waals surface area contributed by atoms with Gasteiger partial charge in [-0.05, 0) is 30.7 Å². The molecule has 15 heavy (non-hydrogen) atoms. The number of hydrogen-bond donors (Lipinski definition) is 2. The molecule has 2 N–H and O–H groups in total. The zero-order valence-corrected chi connectivity index (χ0v) is 9.29.